The number of nitrogens with zero attached hydrogens (tertiary/aromatic N) is 1. The van der Waals surface area contributed by atoms with Gasteiger partial charge in [0.1, 0.15) is 11.2 Å². The quantitative estimate of drug-likeness (QED) is 0.295. The van der Waals surface area contributed by atoms with Crippen LogP contribution in [0.1, 0.15) is 0 Å². The van der Waals surface area contributed by atoms with E-state index < -0.39 is 7.12 Å². The predicted octanol–water partition coefficient (Wildman–Crippen LogP) is 6.40. The van der Waals surface area contributed by atoms with Gasteiger partial charge in [-0.05, 0) is 65.1 Å². The zero-order valence-corrected chi connectivity index (χ0v) is 18.9. The molecule has 35 heavy (non-hydrogen) atoms. The van der Waals surface area contributed by atoms with E-state index in [0.29, 0.717) is 5.46 Å². The molecule has 4 nitrogen and oxygen atoms in total. The van der Waals surface area contributed by atoms with Crippen molar-refractivity contribution in [3.63, 3.8) is 0 Å². The predicted molar refractivity (Wildman–Crippen MR) is 144 cm³/mol. The van der Waals surface area contributed by atoms with E-state index in [4.69, 9.17) is 4.42 Å². The number of furan rings is 1. The SMILES string of the molecule is OB(O)c1ccc(N(c2cccc(-c3ccccc3)c2)c2ccc3oc4ccccc4c3c2)cc1. The molecule has 0 unspecified atom stereocenters. The minimum Gasteiger partial charge on any atom is -0.456 e. The molecule has 5 heteroatoms. The van der Waals surface area contributed by atoms with Crippen molar-refractivity contribution in [1.29, 1.82) is 0 Å². The van der Waals surface area contributed by atoms with Crippen molar-refractivity contribution in [1.82, 2.24) is 0 Å². The van der Waals surface area contributed by atoms with E-state index in [9.17, 15) is 10.0 Å². The average Bonchev–Trinajstić information content (AvgIpc) is 3.28. The Labute approximate surface area is 203 Å². The van der Waals surface area contributed by atoms with Gasteiger partial charge in [0.05, 0.1) is 0 Å². The molecule has 168 valence electrons. The molecule has 0 aliphatic heterocycles. The molecule has 6 aromatic rings. The van der Waals surface area contributed by atoms with Crippen LogP contribution in [0.3, 0.4) is 0 Å². The molecule has 0 saturated heterocycles. The van der Waals surface area contributed by atoms with Crippen LogP contribution in [-0.2, 0) is 0 Å². The Hall–Kier alpha value is -4.32. The molecule has 5 aromatic carbocycles. The Kier molecular flexibility index (Phi) is 5.34. The van der Waals surface area contributed by atoms with Crippen molar-refractivity contribution < 1.29 is 14.5 Å². The first-order valence-electron chi connectivity index (χ1n) is 11.5. The molecule has 0 bridgehead atoms. The summed E-state index contributed by atoms with van der Waals surface area (Å²) >= 11 is 0. The minimum absolute atomic E-state index is 0.447. The largest absolute Gasteiger partial charge is 0.488 e. The molecule has 0 atom stereocenters. The van der Waals surface area contributed by atoms with Crippen molar-refractivity contribution in [3.05, 3.63) is 121 Å². The zero-order valence-electron chi connectivity index (χ0n) is 18.9. The Balaban J connectivity index is 1.53. The fourth-order valence-electron chi connectivity index (χ4n) is 4.55. The molecule has 2 N–H and O–H groups in total. The van der Waals surface area contributed by atoms with E-state index in [0.717, 1.165) is 50.1 Å². The van der Waals surface area contributed by atoms with Crippen LogP contribution in [0, 0.1) is 0 Å². The fourth-order valence-corrected chi connectivity index (χ4v) is 4.55. The maximum atomic E-state index is 9.58. The van der Waals surface area contributed by atoms with Crippen molar-refractivity contribution in [3.8, 4) is 11.1 Å². The van der Waals surface area contributed by atoms with E-state index in [1.807, 2.05) is 54.6 Å². The van der Waals surface area contributed by atoms with E-state index in [1.165, 1.54) is 0 Å². The Morgan fingerprint density at radius 1 is 0.514 bits per heavy atom. The third-order valence-corrected chi connectivity index (χ3v) is 6.28. The molecule has 0 aliphatic carbocycles. The van der Waals surface area contributed by atoms with Gasteiger partial charge in [-0.3, -0.25) is 0 Å². The molecule has 0 aliphatic rings. The number of hydrogen-bond acceptors (Lipinski definition) is 4. The molecule has 6 rings (SSSR count). The monoisotopic (exact) mass is 455 g/mol. The summed E-state index contributed by atoms with van der Waals surface area (Å²) in [6, 6.07) is 40.2. The second kappa shape index (κ2) is 8.80. The lowest BCUT2D eigenvalue weighted by Crippen LogP contribution is -2.29. The van der Waals surface area contributed by atoms with Gasteiger partial charge in [-0.15, -0.1) is 0 Å². The molecule has 0 saturated carbocycles. The highest BCUT2D eigenvalue weighted by Crippen LogP contribution is 2.39. The van der Waals surface area contributed by atoms with Crippen LogP contribution in [0.5, 0.6) is 0 Å². The van der Waals surface area contributed by atoms with E-state index in [-0.39, 0.29) is 0 Å². The van der Waals surface area contributed by atoms with Gasteiger partial charge in [0, 0.05) is 27.8 Å². The Bertz CT molecular complexity index is 1630. The summed E-state index contributed by atoms with van der Waals surface area (Å²) in [6.07, 6.45) is 0. The third kappa shape index (κ3) is 3.97. The molecule has 0 spiro atoms. The highest BCUT2D eigenvalue weighted by molar-refractivity contribution is 6.58. The van der Waals surface area contributed by atoms with Crippen LogP contribution in [-0.4, -0.2) is 17.2 Å². The highest BCUT2D eigenvalue weighted by atomic mass is 16.4. The second-order valence-electron chi connectivity index (χ2n) is 8.50. The van der Waals surface area contributed by atoms with Gasteiger partial charge in [0.15, 0.2) is 0 Å². The van der Waals surface area contributed by atoms with Gasteiger partial charge < -0.3 is 19.4 Å². The molecule has 0 radical (unpaired) electrons. The van der Waals surface area contributed by atoms with Gasteiger partial charge in [0.25, 0.3) is 0 Å². The number of para-hydroxylation sites is 1. The Morgan fingerprint density at radius 3 is 1.97 bits per heavy atom. The average molecular weight is 455 g/mol. The minimum atomic E-state index is -1.51. The lowest BCUT2D eigenvalue weighted by Gasteiger charge is -2.26. The van der Waals surface area contributed by atoms with Gasteiger partial charge >= 0.3 is 7.12 Å². The number of benzene rings is 5. The van der Waals surface area contributed by atoms with Crippen molar-refractivity contribution in [2.45, 2.75) is 0 Å². The summed E-state index contributed by atoms with van der Waals surface area (Å²) in [4.78, 5) is 2.17. The van der Waals surface area contributed by atoms with Crippen molar-refractivity contribution in [2.24, 2.45) is 0 Å². The van der Waals surface area contributed by atoms with Crippen LogP contribution in [0.25, 0.3) is 33.1 Å². The van der Waals surface area contributed by atoms with Gasteiger partial charge in [-0.25, -0.2) is 0 Å². The van der Waals surface area contributed by atoms with Crippen molar-refractivity contribution in [2.75, 3.05) is 4.90 Å². The van der Waals surface area contributed by atoms with E-state index >= 15 is 0 Å². The number of rotatable bonds is 5. The van der Waals surface area contributed by atoms with Crippen LogP contribution in [0.2, 0.25) is 0 Å². The van der Waals surface area contributed by atoms with Crippen LogP contribution >= 0.6 is 0 Å². The number of fused-ring (bicyclic) bond motifs is 3. The Morgan fingerprint density at radius 2 is 1.17 bits per heavy atom. The standard InChI is InChI=1S/C30H22BNO3/c33-31(34)23-13-15-24(16-14-23)32(25-10-6-9-22(19-25)21-7-2-1-3-8-21)26-17-18-30-28(20-26)27-11-4-5-12-29(27)35-30/h1-20,33-34H. The first-order valence-corrected chi connectivity index (χ1v) is 11.5. The maximum Gasteiger partial charge on any atom is 0.488 e. The molecule has 1 heterocycles. The molecular weight excluding hydrogens is 433 g/mol. The summed E-state index contributed by atoms with van der Waals surface area (Å²) < 4.78 is 6.04. The maximum absolute atomic E-state index is 9.58. The van der Waals surface area contributed by atoms with Crippen LogP contribution < -0.4 is 10.4 Å². The van der Waals surface area contributed by atoms with Crippen LogP contribution in [0.4, 0.5) is 17.1 Å². The topological polar surface area (TPSA) is 56.8 Å². The summed E-state index contributed by atoms with van der Waals surface area (Å²) in [5, 5.41) is 21.3. The van der Waals surface area contributed by atoms with E-state index in [2.05, 4.69) is 59.5 Å². The summed E-state index contributed by atoms with van der Waals surface area (Å²) in [5.74, 6) is 0. The van der Waals surface area contributed by atoms with Crippen molar-refractivity contribution >= 4 is 51.6 Å². The number of anilines is 3. The molecule has 0 amide bonds. The first-order chi connectivity index (χ1) is 17.2. The normalized spacial score (nSPS) is 11.1. The molecular formula is C30H22BNO3. The summed E-state index contributed by atoms with van der Waals surface area (Å²) in [5.41, 5.74) is 7.29. The molecule has 0 fully saturated rings. The lowest BCUT2D eigenvalue weighted by atomic mass is 9.80. The van der Waals surface area contributed by atoms with Gasteiger partial charge in [-0.2, -0.15) is 0 Å². The van der Waals surface area contributed by atoms with Gasteiger partial charge in [-0.1, -0.05) is 72.8 Å². The number of hydrogen-bond donors (Lipinski definition) is 2. The molecule has 1 aromatic heterocycles. The zero-order chi connectivity index (χ0) is 23.8. The second-order valence-corrected chi connectivity index (χ2v) is 8.50. The first kappa shape index (κ1) is 21.2. The van der Waals surface area contributed by atoms with Gasteiger partial charge in [0.2, 0.25) is 0 Å². The lowest BCUT2D eigenvalue weighted by molar-refractivity contribution is 0.426. The third-order valence-electron chi connectivity index (χ3n) is 6.28. The summed E-state index contributed by atoms with van der Waals surface area (Å²) in [7, 11) is -1.51. The van der Waals surface area contributed by atoms with E-state index in [1.54, 1.807) is 12.1 Å². The summed E-state index contributed by atoms with van der Waals surface area (Å²) in [6.45, 7) is 0. The fraction of sp³-hybridized carbons (Fsp3) is 0. The smallest absolute Gasteiger partial charge is 0.456 e. The highest BCUT2D eigenvalue weighted by Gasteiger charge is 2.17. The van der Waals surface area contributed by atoms with Crippen LogP contribution in [0.15, 0.2) is 126 Å².